The number of carbonyl (C=O) groups is 2. The fourth-order valence-electron chi connectivity index (χ4n) is 3.99. The molecule has 1 unspecified atom stereocenters. The lowest BCUT2D eigenvalue weighted by atomic mass is 9.95. The van der Waals surface area contributed by atoms with Crippen molar-refractivity contribution < 1.29 is 24.2 Å². The SMILES string of the molecule is COc1cccc(C2/C(=C(/O)c3ccc(OC(C)C)cc3)C(=O)C(=O)N2Cc2ccccn2)c1. The largest absolute Gasteiger partial charge is 0.507 e. The molecule has 1 aromatic heterocycles. The second-order valence-electron chi connectivity index (χ2n) is 8.22. The Balaban J connectivity index is 1.81. The van der Waals surface area contributed by atoms with Gasteiger partial charge in [-0.2, -0.15) is 0 Å². The Kier molecular flexibility index (Phi) is 6.63. The van der Waals surface area contributed by atoms with Gasteiger partial charge >= 0.3 is 0 Å². The molecule has 7 heteroatoms. The fourth-order valence-corrected chi connectivity index (χ4v) is 3.99. The number of aromatic nitrogens is 1. The first kappa shape index (κ1) is 23.0. The highest BCUT2D eigenvalue weighted by Crippen LogP contribution is 2.41. The van der Waals surface area contributed by atoms with Crippen LogP contribution >= 0.6 is 0 Å². The maximum Gasteiger partial charge on any atom is 0.296 e. The number of benzene rings is 2. The number of Topliss-reactive ketones (excluding diaryl/α,β-unsaturated/α-hetero) is 1. The summed E-state index contributed by atoms with van der Waals surface area (Å²) < 4.78 is 11.0. The Bertz CT molecular complexity index is 1220. The highest BCUT2D eigenvalue weighted by Gasteiger charge is 2.46. The normalized spacial score (nSPS) is 17.3. The van der Waals surface area contributed by atoms with E-state index >= 15 is 0 Å². The van der Waals surface area contributed by atoms with Gasteiger partial charge in [0.05, 0.1) is 37.1 Å². The van der Waals surface area contributed by atoms with Gasteiger partial charge in [0.1, 0.15) is 17.3 Å². The van der Waals surface area contributed by atoms with E-state index in [1.807, 2.05) is 19.9 Å². The van der Waals surface area contributed by atoms with Crippen LogP contribution in [0.4, 0.5) is 0 Å². The monoisotopic (exact) mass is 458 g/mol. The number of hydrogen-bond donors (Lipinski definition) is 1. The number of aliphatic hydroxyl groups is 1. The lowest BCUT2D eigenvalue weighted by Gasteiger charge is -2.25. The van der Waals surface area contributed by atoms with Crippen LogP contribution in [-0.4, -0.2) is 39.9 Å². The van der Waals surface area contributed by atoms with Gasteiger partial charge in [-0.1, -0.05) is 18.2 Å². The summed E-state index contributed by atoms with van der Waals surface area (Å²) in [5.41, 5.74) is 1.72. The molecule has 1 aliphatic heterocycles. The average Bonchev–Trinajstić information content (AvgIpc) is 3.09. The summed E-state index contributed by atoms with van der Waals surface area (Å²) in [4.78, 5) is 32.0. The van der Waals surface area contributed by atoms with Gasteiger partial charge in [0, 0.05) is 11.8 Å². The molecule has 4 rings (SSSR count). The fraction of sp³-hybridized carbons (Fsp3) is 0.222. The molecule has 0 spiro atoms. The maximum atomic E-state index is 13.2. The number of hydrogen-bond acceptors (Lipinski definition) is 6. The standard InChI is InChI=1S/C27H26N2O5/c1-17(2)34-21-12-10-18(11-13-21)25(30)23-24(19-7-6-9-22(15-19)33-3)29(27(32)26(23)31)16-20-8-4-5-14-28-20/h4-15,17,24,30H,16H2,1-3H3/b25-23-. The average molecular weight is 459 g/mol. The predicted molar refractivity (Wildman–Crippen MR) is 127 cm³/mol. The molecular formula is C27H26N2O5. The third-order valence-corrected chi connectivity index (χ3v) is 5.51. The molecule has 1 fully saturated rings. The molecule has 174 valence electrons. The van der Waals surface area contributed by atoms with Crippen molar-refractivity contribution in [2.45, 2.75) is 32.5 Å². The lowest BCUT2D eigenvalue weighted by Crippen LogP contribution is -2.29. The Morgan fingerprint density at radius 2 is 1.79 bits per heavy atom. The zero-order valence-electron chi connectivity index (χ0n) is 19.3. The molecule has 1 aliphatic rings. The number of methoxy groups -OCH3 is 1. The van der Waals surface area contributed by atoms with Crippen LogP contribution in [0.1, 0.15) is 36.7 Å². The Labute approximate surface area is 198 Å². The van der Waals surface area contributed by atoms with Crippen molar-refractivity contribution in [1.82, 2.24) is 9.88 Å². The highest BCUT2D eigenvalue weighted by molar-refractivity contribution is 6.46. The van der Waals surface area contributed by atoms with Crippen LogP contribution in [0.2, 0.25) is 0 Å². The van der Waals surface area contributed by atoms with E-state index in [4.69, 9.17) is 9.47 Å². The quantitative estimate of drug-likeness (QED) is 0.319. The minimum atomic E-state index is -0.802. The summed E-state index contributed by atoms with van der Waals surface area (Å²) in [6.07, 6.45) is 1.64. The Morgan fingerprint density at radius 3 is 2.44 bits per heavy atom. The van der Waals surface area contributed by atoms with Crippen molar-refractivity contribution in [3.05, 3.63) is 95.3 Å². The van der Waals surface area contributed by atoms with Gasteiger partial charge in [0.15, 0.2) is 0 Å². The lowest BCUT2D eigenvalue weighted by molar-refractivity contribution is -0.140. The summed E-state index contributed by atoms with van der Waals surface area (Å²) in [6, 6.07) is 18.5. The topological polar surface area (TPSA) is 89.0 Å². The first-order chi connectivity index (χ1) is 16.4. The van der Waals surface area contributed by atoms with Crippen LogP contribution in [0.5, 0.6) is 11.5 Å². The van der Waals surface area contributed by atoms with Gasteiger partial charge in [0.25, 0.3) is 11.7 Å². The van der Waals surface area contributed by atoms with E-state index in [1.165, 1.54) is 4.90 Å². The molecule has 0 saturated carbocycles. The predicted octanol–water partition coefficient (Wildman–Crippen LogP) is 4.50. The second-order valence-corrected chi connectivity index (χ2v) is 8.22. The number of amides is 1. The van der Waals surface area contributed by atoms with Crippen molar-refractivity contribution in [3.8, 4) is 11.5 Å². The molecule has 1 saturated heterocycles. The van der Waals surface area contributed by atoms with E-state index < -0.39 is 17.7 Å². The van der Waals surface area contributed by atoms with Crippen molar-refractivity contribution in [3.63, 3.8) is 0 Å². The molecule has 3 aromatic rings. The zero-order chi connectivity index (χ0) is 24.2. The van der Waals surface area contributed by atoms with Gasteiger partial charge in [-0.15, -0.1) is 0 Å². The first-order valence-corrected chi connectivity index (χ1v) is 11.0. The van der Waals surface area contributed by atoms with Crippen LogP contribution in [0.25, 0.3) is 5.76 Å². The Morgan fingerprint density at radius 1 is 1.03 bits per heavy atom. The van der Waals surface area contributed by atoms with Crippen molar-refractivity contribution in [1.29, 1.82) is 0 Å². The number of nitrogens with zero attached hydrogens (tertiary/aromatic N) is 2. The third kappa shape index (κ3) is 4.64. The molecule has 34 heavy (non-hydrogen) atoms. The summed E-state index contributed by atoms with van der Waals surface area (Å²) in [6.45, 7) is 3.96. The van der Waals surface area contributed by atoms with Gasteiger partial charge in [-0.3, -0.25) is 14.6 Å². The van der Waals surface area contributed by atoms with Crippen molar-refractivity contribution in [2.24, 2.45) is 0 Å². The van der Waals surface area contributed by atoms with E-state index in [1.54, 1.807) is 74.0 Å². The van der Waals surface area contributed by atoms with Crippen molar-refractivity contribution >= 4 is 17.4 Å². The number of ketones is 1. The second kappa shape index (κ2) is 9.79. The smallest absolute Gasteiger partial charge is 0.296 e. The number of ether oxygens (including phenoxy) is 2. The Hall–Kier alpha value is -4.13. The van der Waals surface area contributed by atoms with Gasteiger partial charge in [-0.05, 0) is 67.9 Å². The minimum absolute atomic E-state index is 0.00410. The number of likely N-dealkylation sites (tertiary alicyclic amines) is 1. The van der Waals surface area contributed by atoms with E-state index in [0.717, 1.165) is 0 Å². The molecule has 2 aromatic carbocycles. The van der Waals surface area contributed by atoms with Gasteiger partial charge in [-0.25, -0.2) is 0 Å². The molecule has 0 bridgehead atoms. The van der Waals surface area contributed by atoms with E-state index in [2.05, 4.69) is 4.98 Å². The maximum absolute atomic E-state index is 13.2. The molecule has 1 amide bonds. The van der Waals surface area contributed by atoms with Crippen LogP contribution in [-0.2, 0) is 16.1 Å². The number of rotatable bonds is 7. The molecule has 1 N–H and O–H groups in total. The van der Waals surface area contributed by atoms with Gasteiger partial charge < -0.3 is 19.5 Å². The minimum Gasteiger partial charge on any atom is -0.507 e. The first-order valence-electron chi connectivity index (χ1n) is 11.0. The molecular weight excluding hydrogens is 432 g/mol. The van der Waals surface area contributed by atoms with E-state index in [0.29, 0.717) is 28.3 Å². The molecule has 0 radical (unpaired) electrons. The number of carbonyl (C=O) groups excluding carboxylic acids is 2. The molecule has 1 atom stereocenters. The summed E-state index contributed by atoms with van der Waals surface area (Å²) in [5, 5.41) is 11.2. The van der Waals surface area contributed by atoms with Crippen LogP contribution in [0.3, 0.4) is 0 Å². The molecule has 7 nitrogen and oxygen atoms in total. The third-order valence-electron chi connectivity index (χ3n) is 5.51. The van der Waals surface area contributed by atoms with Crippen molar-refractivity contribution in [2.75, 3.05) is 7.11 Å². The van der Waals surface area contributed by atoms with Gasteiger partial charge in [0.2, 0.25) is 0 Å². The summed E-state index contributed by atoms with van der Waals surface area (Å²) >= 11 is 0. The summed E-state index contributed by atoms with van der Waals surface area (Å²) in [7, 11) is 1.55. The van der Waals surface area contributed by atoms with Crippen LogP contribution in [0.15, 0.2) is 78.5 Å². The number of pyridine rings is 1. The molecule has 0 aliphatic carbocycles. The zero-order valence-corrected chi connectivity index (χ0v) is 19.3. The summed E-state index contributed by atoms with van der Waals surface area (Å²) in [5.74, 6) is -0.461. The van der Waals surface area contributed by atoms with E-state index in [-0.39, 0.29) is 24.0 Å². The van der Waals surface area contributed by atoms with Crippen LogP contribution < -0.4 is 9.47 Å². The highest BCUT2D eigenvalue weighted by atomic mass is 16.5. The van der Waals surface area contributed by atoms with Crippen LogP contribution in [0, 0.1) is 0 Å². The van der Waals surface area contributed by atoms with E-state index in [9.17, 15) is 14.7 Å². The molecule has 2 heterocycles. The number of aliphatic hydroxyl groups excluding tert-OH is 1.